The van der Waals surface area contributed by atoms with E-state index in [1.807, 2.05) is 6.92 Å². The van der Waals surface area contributed by atoms with Crippen molar-refractivity contribution in [2.45, 2.75) is 69.8 Å². The summed E-state index contributed by atoms with van der Waals surface area (Å²) in [5, 5.41) is 20.0. The first-order valence-electron chi connectivity index (χ1n) is 9.24. The largest absolute Gasteiger partial charge is 0.414 e. The van der Waals surface area contributed by atoms with Gasteiger partial charge in [0, 0.05) is 12.6 Å². The number of nitrogens with zero attached hydrogens (tertiary/aromatic N) is 1. The molecule has 0 fully saturated rings. The Morgan fingerprint density at radius 3 is 2.15 bits per heavy atom. The Hall–Kier alpha value is -0.773. The van der Waals surface area contributed by atoms with Gasteiger partial charge in [-0.05, 0) is 44.1 Å². The molecule has 1 rings (SSSR count). The number of aliphatic hydroxyl groups excluding tert-OH is 2. The predicted molar refractivity (Wildman–Crippen MR) is 111 cm³/mol. The van der Waals surface area contributed by atoms with E-state index in [0.29, 0.717) is 0 Å². The first-order valence-corrected chi connectivity index (χ1v) is 13.6. The Kier molecular flexibility index (Phi) is 8.22. The number of hydrogen-bond donors (Lipinski definition) is 2. The number of benzene rings is 1. The van der Waals surface area contributed by atoms with Crippen molar-refractivity contribution in [3.63, 3.8) is 0 Å². The predicted octanol–water partition coefficient (Wildman–Crippen LogP) is 2.75. The van der Waals surface area contributed by atoms with Crippen molar-refractivity contribution in [3.05, 3.63) is 29.8 Å². The molecule has 0 radical (unpaired) electrons. The van der Waals surface area contributed by atoms with Gasteiger partial charge in [0.15, 0.2) is 8.32 Å². The second-order valence-corrected chi connectivity index (χ2v) is 15.3. The van der Waals surface area contributed by atoms with Gasteiger partial charge < -0.3 is 14.6 Å². The van der Waals surface area contributed by atoms with Crippen LogP contribution in [0.1, 0.15) is 33.3 Å². The van der Waals surface area contributed by atoms with E-state index in [2.05, 4.69) is 33.9 Å². The molecule has 0 aliphatic carbocycles. The Labute approximate surface area is 165 Å². The van der Waals surface area contributed by atoms with Gasteiger partial charge in [-0.1, -0.05) is 38.5 Å². The van der Waals surface area contributed by atoms with Crippen molar-refractivity contribution >= 4 is 18.3 Å². The van der Waals surface area contributed by atoms with E-state index in [-0.39, 0.29) is 29.7 Å². The third kappa shape index (κ3) is 6.37. The average Bonchev–Trinajstić information content (AvgIpc) is 2.56. The van der Waals surface area contributed by atoms with E-state index in [9.17, 15) is 18.6 Å². The van der Waals surface area contributed by atoms with Gasteiger partial charge in [-0.2, -0.15) is 4.31 Å². The highest BCUT2D eigenvalue weighted by molar-refractivity contribution is 7.89. The van der Waals surface area contributed by atoms with Gasteiger partial charge >= 0.3 is 0 Å². The van der Waals surface area contributed by atoms with E-state index in [0.717, 1.165) is 9.87 Å². The fraction of sp³-hybridized carbons (Fsp3) is 0.684. The van der Waals surface area contributed by atoms with Crippen molar-refractivity contribution in [2.75, 3.05) is 19.8 Å². The molecule has 0 heterocycles. The molecule has 6 nitrogen and oxygen atoms in total. The number of sulfonamides is 1. The van der Waals surface area contributed by atoms with Crippen molar-refractivity contribution in [3.8, 4) is 0 Å². The summed E-state index contributed by atoms with van der Waals surface area (Å²) in [5.41, 5.74) is 0.957. The molecule has 0 spiro atoms. The summed E-state index contributed by atoms with van der Waals surface area (Å²) in [7, 11) is -5.89. The van der Waals surface area contributed by atoms with Crippen molar-refractivity contribution in [1.29, 1.82) is 0 Å². The van der Waals surface area contributed by atoms with Gasteiger partial charge in [0.1, 0.15) is 0 Å². The number of aliphatic hydroxyl groups is 2. The third-order valence-corrected chi connectivity index (χ3v) is 11.7. The van der Waals surface area contributed by atoms with Crippen LogP contribution in [0.3, 0.4) is 0 Å². The molecule has 0 saturated heterocycles. The van der Waals surface area contributed by atoms with Crippen LogP contribution in [0, 0.1) is 6.92 Å². The zero-order valence-electron chi connectivity index (χ0n) is 17.6. The van der Waals surface area contributed by atoms with E-state index < -0.39 is 30.5 Å². The minimum Gasteiger partial charge on any atom is -0.414 e. The molecule has 0 bridgehead atoms. The van der Waals surface area contributed by atoms with Crippen LogP contribution < -0.4 is 0 Å². The van der Waals surface area contributed by atoms with E-state index in [1.54, 1.807) is 31.2 Å². The Balaban J connectivity index is 2.97. The minimum atomic E-state index is -3.84. The van der Waals surface area contributed by atoms with Gasteiger partial charge in [-0.15, -0.1) is 0 Å². The number of rotatable bonds is 9. The molecule has 0 aliphatic heterocycles. The zero-order valence-corrected chi connectivity index (χ0v) is 19.4. The molecule has 0 amide bonds. The number of aryl methyl sites for hydroxylation is 1. The lowest BCUT2D eigenvalue weighted by Gasteiger charge is -2.37. The van der Waals surface area contributed by atoms with Crippen LogP contribution >= 0.6 is 0 Å². The Bertz CT molecular complexity index is 698. The molecule has 2 N–H and O–H groups in total. The highest BCUT2D eigenvalue weighted by Crippen LogP contribution is 2.36. The van der Waals surface area contributed by atoms with Gasteiger partial charge in [0.25, 0.3) is 0 Å². The highest BCUT2D eigenvalue weighted by atomic mass is 32.2. The quantitative estimate of drug-likeness (QED) is 0.603. The maximum absolute atomic E-state index is 13.0. The second kappa shape index (κ2) is 9.15. The van der Waals surface area contributed by atoms with Crippen molar-refractivity contribution in [1.82, 2.24) is 4.31 Å². The molecule has 1 aromatic carbocycles. The molecule has 156 valence electrons. The van der Waals surface area contributed by atoms with Crippen LogP contribution in [0.4, 0.5) is 0 Å². The first-order chi connectivity index (χ1) is 12.2. The summed E-state index contributed by atoms with van der Waals surface area (Å²) in [6.45, 7) is 13.6. The van der Waals surface area contributed by atoms with Crippen LogP contribution in [-0.2, 0) is 14.4 Å². The molecule has 0 aliphatic rings. The van der Waals surface area contributed by atoms with Gasteiger partial charge in [-0.25, -0.2) is 8.42 Å². The highest BCUT2D eigenvalue weighted by Gasteiger charge is 2.38. The summed E-state index contributed by atoms with van der Waals surface area (Å²) in [4.78, 5) is 0.144. The smallest absolute Gasteiger partial charge is 0.243 e. The minimum absolute atomic E-state index is 0.00122. The topological polar surface area (TPSA) is 87.1 Å². The first kappa shape index (κ1) is 24.3. The lowest BCUT2D eigenvalue weighted by Crippen LogP contribution is -2.48. The molecule has 1 aromatic rings. The van der Waals surface area contributed by atoms with E-state index >= 15 is 0 Å². The van der Waals surface area contributed by atoms with Gasteiger partial charge in [0.05, 0.1) is 24.2 Å². The molecule has 0 unspecified atom stereocenters. The zero-order chi connectivity index (χ0) is 21.0. The average molecular weight is 418 g/mol. The van der Waals surface area contributed by atoms with Gasteiger partial charge in [-0.3, -0.25) is 0 Å². The molecule has 8 heteroatoms. The molecule has 2 atom stereocenters. The second-order valence-electron chi connectivity index (χ2n) is 8.64. The van der Waals surface area contributed by atoms with Crippen LogP contribution in [0.25, 0.3) is 0 Å². The summed E-state index contributed by atoms with van der Waals surface area (Å²) >= 11 is 0. The van der Waals surface area contributed by atoms with Crippen LogP contribution in [0.5, 0.6) is 0 Å². The lowest BCUT2D eigenvalue weighted by atomic mass is 10.2. The van der Waals surface area contributed by atoms with Crippen LogP contribution in [-0.4, -0.2) is 63.2 Å². The van der Waals surface area contributed by atoms with Crippen LogP contribution in [0.15, 0.2) is 29.2 Å². The Morgan fingerprint density at radius 1 is 1.19 bits per heavy atom. The Morgan fingerprint density at radius 2 is 1.70 bits per heavy atom. The fourth-order valence-electron chi connectivity index (χ4n) is 2.23. The summed E-state index contributed by atoms with van der Waals surface area (Å²) < 4.78 is 33.2. The molecular formula is C19H35NO5SSi. The van der Waals surface area contributed by atoms with Gasteiger partial charge in [0.2, 0.25) is 10.0 Å². The molecule has 27 heavy (non-hydrogen) atoms. The summed E-state index contributed by atoms with van der Waals surface area (Å²) in [6.07, 6.45) is -0.978. The standard InChI is InChI=1S/C19H35NO5SSi/c1-15-8-10-18(11-9-15)26(23,24)20(16(2)13-21)12-17(22)14-25-27(6,7)19(3,4)5/h8-11,16-17,21-22H,12-14H2,1-7H3/t16-,17-/m1/s1. The van der Waals surface area contributed by atoms with Crippen molar-refractivity contribution < 1.29 is 23.1 Å². The SMILES string of the molecule is Cc1ccc(S(=O)(=O)N(C[C@@H](O)CO[Si](C)(C)C(C)(C)C)[C@H](C)CO)cc1. The monoisotopic (exact) mass is 417 g/mol. The summed E-state index contributed by atoms with van der Waals surface area (Å²) in [6, 6.07) is 5.89. The lowest BCUT2D eigenvalue weighted by molar-refractivity contribution is 0.0695. The van der Waals surface area contributed by atoms with E-state index in [1.165, 1.54) is 0 Å². The maximum atomic E-state index is 13.0. The van der Waals surface area contributed by atoms with Crippen LogP contribution in [0.2, 0.25) is 18.1 Å². The van der Waals surface area contributed by atoms with Crippen molar-refractivity contribution in [2.24, 2.45) is 0 Å². The molecule has 0 aromatic heterocycles. The fourth-order valence-corrected chi connectivity index (χ4v) is 4.93. The third-order valence-electron chi connectivity index (χ3n) is 5.22. The summed E-state index contributed by atoms with van der Waals surface area (Å²) in [5.74, 6) is 0. The van der Waals surface area contributed by atoms with E-state index in [4.69, 9.17) is 4.43 Å². The number of hydrogen-bond acceptors (Lipinski definition) is 5. The molecule has 0 saturated carbocycles. The molecular weight excluding hydrogens is 382 g/mol. The normalized spacial score (nSPS) is 15.8. The maximum Gasteiger partial charge on any atom is 0.243 e.